The first kappa shape index (κ1) is 20.0. The zero-order valence-electron chi connectivity index (χ0n) is 14.2. The highest BCUT2D eigenvalue weighted by atomic mass is 79.9. The number of hydrogen-bond donors (Lipinski definition) is 2. The highest BCUT2D eigenvalue weighted by Gasteiger charge is 2.64. The number of nitrogens with one attached hydrogen (secondary N) is 1. The normalized spacial score (nSPS) is 26.6. The Kier molecular flexibility index (Phi) is 4.53. The van der Waals surface area contributed by atoms with Gasteiger partial charge in [-0.15, -0.1) is 11.8 Å². The molecule has 3 rings (SSSR count). The molecule has 0 unspecified atom stereocenters. The molecule has 27 heavy (non-hydrogen) atoms. The van der Waals surface area contributed by atoms with Crippen LogP contribution >= 0.6 is 27.7 Å². The van der Waals surface area contributed by atoms with Crippen molar-refractivity contribution >= 4 is 45.5 Å². The summed E-state index contributed by atoms with van der Waals surface area (Å²) in [6, 6.07) is -2.07. The van der Waals surface area contributed by atoms with E-state index in [-0.39, 0.29) is 5.69 Å². The number of carboxylic acid groups (broad SMARTS) is 1. The third kappa shape index (κ3) is 3.00. The van der Waals surface area contributed by atoms with Gasteiger partial charge in [0, 0.05) is 11.8 Å². The van der Waals surface area contributed by atoms with Gasteiger partial charge in [-0.05, 0) is 29.8 Å². The molecule has 2 amide bonds. The third-order valence-corrected chi connectivity index (χ3v) is 6.76. The number of aromatic nitrogens is 2. The Morgan fingerprint density at radius 1 is 1.37 bits per heavy atom. The zero-order chi connectivity index (χ0) is 20.5. The number of aliphatic carboxylic acids is 1. The van der Waals surface area contributed by atoms with Gasteiger partial charge >= 0.3 is 12.1 Å². The Hall–Kier alpha value is -1.76. The molecule has 2 aliphatic heterocycles. The fourth-order valence-corrected chi connectivity index (χ4v) is 5.65. The van der Waals surface area contributed by atoms with Crippen LogP contribution in [0.15, 0.2) is 4.47 Å². The van der Waals surface area contributed by atoms with Crippen molar-refractivity contribution in [1.29, 1.82) is 0 Å². The van der Waals surface area contributed by atoms with Gasteiger partial charge in [0.2, 0.25) is 5.91 Å². The summed E-state index contributed by atoms with van der Waals surface area (Å²) in [6.07, 6.45) is -4.75. The Morgan fingerprint density at radius 2 is 1.96 bits per heavy atom. The molecule has 3 heterocycles. The number of nitrogens with zero attached hydrogens (tertiary/aromatic N) is 3. The number of carboxylic acids is 1. The lowest BCUT2D eigenvalue weighted by Gasteiger charge is -2.43. The second-order valence-corrected chi connectivity index (χ2v) is 9.25. The lowest BCUT2D eigenvalue weighted by molar-refractivity contribution is -0.159. The zero-order valence-corrected chi connectivity index (χ0v) is 16.6. The standard InChI is InChI=1S/C14H14BrF3N4O4S/c1-13(2)8(12(25)26)22-10(24)5(11(22)27-13)19-9(23)6-4(15)7(14(16,17)18)20-21(6)3/h5,8,11H,1-3H3,(H,19,23)(H,25,26)/t5-,8-,11-/m1/s1. The number of hydrogen-bond acceptors (Lipinski definition) is 5. The topological polar surface area (TPSA) is 105 Å². The van der Waals surface area contributed by atoms with Crippen molar-refractivity contribution in [1.82, 2.24) is 20.0 Å². The van der Waals surface area contributed by atoms with E-state index in [1.165, 1.54) is 23.7 Å². The summed E-state index contributed by atoms with van der Waals surface area (Å²) in [6.45, 7) is 3.35. The predicted octanol–water partition coefficient (Wildman–Crippen LogP) is 1.45. The fourth-order valence-electron chi connectivity index (χ4n) is 3.28. The van der Waals surface area contributed by atoms with Crippen LogP contribution in [0.2, 0.25) is 0 Å². The van der Waals surface area contributed by atoms with Crippen LogP contribution in [0.25, 0.3) is 0 Å². The molecule has 8 nitrogen and oxygen atoms in total. The van der Waals surface area contributed by atoms with Gasteiger partial charge in [0.15, 0.2) is 5.69 Å². The summed E-state index contributed by atoms with van der Waals surface area (Å²) in [7, 11) is 1.18. The van der Waals surface area contributed by atoms with Gasteiger partial charge in [-0.2, -0.15) is 18.3 Å². The second kappa shape index (κ2) is 6.12. The van der Waals surface area contributed by atoms with Gasteiger partial charge in [0.25, 0.3) is 5.91 Å². The second-order valence-electron chi connectivity index (χ2n) is 6.68. The number of carbonyl (C=O) groups excluding carboxylic acids is 2. The van der Waals surface area contributed by atoms with Crippen LogP contribution in [0.4, 0.5) is 13.2 Å². The van der Waals surface area contributed by atoms with Crippen molar-refractivity contribution < 1.29 is 32.7 Å². The SMILES string of the molecule is Cn1nc(C(F)(F)F)c(Br)c1C(=O)N[C@@H]1C(=O)N2[C@@H]1SC(C)(C)[C@H]2C(=O)O. The van der Waals surface area contributed by atoms with Crippen LogP contribution in [-0.4, -0.2) is 59.8 Å². The molecule has 0 aromatic carbocycles. The monoisotopic (exact) mass is 470 g/mol. The van der Waals surface area contributed by atoms with Crippen molar-refractivity contribution in [2.45, 2.75) is 42.2 Å². The van der Waals surface area contributed by atoms with Gasteiger partial charge in [0.1, 0.15) is 23.2 Å². The van der Waals surface area contributed by atoms with E-state index < -0.39 is 56.3 Å². The van der Waals surface area contributed by atoms with E-state index in [0.717, 1.165) is 4.68 Å². The molecule has 1 aromatic rings. The van der Waals surface area contributed by atoms with Crippen LogP contribution in [0.5, 0.6) is 0 Å². The van der Waals surface area contributed by atoms with Gasteiger partial charge in [-0.3, -0.25) is 14.3 Å². The number of halogens is 4. The van der Waals surface area contributed by atoms with Gasteiger partial charge in [0.05, 0.1) is 4.47 Å². The lowest BCUT2D eigenvalue weighted by Crippen LogP contribution is -2.70. The molecule has 2 saturated heterocycles. The molecule has 148 valence electrons. The summed E-state index contributed by atoms with van der Waals surface area (Å²) in [5.74, 6) is -2.66. The summed E-state index contributed by atoms with van der Waals surface area (Å²) >= 11 is 3.96. The lowest BCUT2D eigenvalue weighted by atomic mass is 9.96. The van der Waals surface area contributed by atoms with Crippen molar-refractivity contribution in [2.75, 3.05) is 0 Å². The molecule has 0 radical (unpaired) electrons. The highest BCUT2D eigenvalue weighted by Crippen LogP contribution is 2.50. The number of rotatable bonds is 3. The molecule has 2 fully saturated rings. The number of alkyl halides is 3. The van der Waals surface area contributed by atoms with Crippen molar-refractivity contribution in [3.05, 3.63) is 15.9 Å². The van der Waals surface area contributed by atoms with Gasteiger partial charge in [-0.25, -0.2) is 4.79 Å². The van der Waals surface area contributed by atoms with Gasteiger partial charge in [-0.1, -0.05) is 0 Å². The summed E-state index contributed by atoms with van der Waals surface area (Å²) in [5.41, 5.74) is -1.63. The van der Waals surface area contributed by atoms with Crippen LogP contribution in [-0.2, 0) is 22.8 Å². The first-order chi connectivity index (χ1) is 12.3. The van der Waals surface area contributed by atoms with E-state index in [1.807, 2.05) is 0 Å². The van der Waals surface area contributed by atoms with Crippen molar-refractivity contribution in [3.8, 4) is 0 Å². The number of fused-ring (bicyclic) bond motifs is 1. The Morgan fingerprint density at radius 3 is 2.44 bits per heavy atom. The van der Waals surface area contributed by atoms with Crippen molar-refractivity contribution in [2.24, 2.45) is 7.05 Å². The fraction of sp³-hybridized carbons (Fsp3) is 0.571. The van der Waals surface area contributed by atoms with E-state index in [0.29, 0.717) is 0 Å². The molecule has 0 aliphatic carbocycles. The summed E-state index contributed by atoms with van der Waals surface area (Å²) in [4.78, 5) is 37.5. The van der Waals surface area contributed by atoms with Gasteiger partial charge < -0.3 is 15.3 Å². The molecule has 0 bridgehead atoms. The molecule has 0 spiro atoms. The van der Waals surface area contributed by atoms with E-state index >= 15 is 0 Å². The van der Waals surface area contributed by atoms with E-state index in [2.05, 4.69) is 26.3 Å². The minimum Gasteiger partial charge on any atom is -0.480 e. The minimum absolute atomic E-state index is 0.384. The maximum absolute atomic E-state index is 12.9. The van der Waals surface area contributed by atoms with Crippen molar-refractivity contribution in [3.63, 3.8) is 0 Å². The molecule has 2 N–H and O–H groups in total. The Balaban J connectivity index is 1.83. The number of β-lactam (4-membered cyclic amide) rings is 1. The Labute approximate surface area is 163 Å². The quantitative estimate of drug-likeness (QED) is 0.647. The molecule has 13 heteroatoms. The maximum Gasteiger partial charge on any atom is 0.436 e. The van der Waals surface area contributed by atoms with Crippen LogP contribution in [0.3, 0.4) is 0 Å². The largest absolute Gasteiger partial charge is 0.480 e. The average molecular weight is 471 g/mol. The molecule has 0 saturated carbocycles. The highest BCUT2D eigenvalue weighted by molar-refractivity contribution is 9.10. The van der Waals surface area contributed by atoms with E-state index in [4.69, 9.17) is 0 Å². The molecule has 2 aliphatic rings. The molecular formula is C14H14BrF3N4O4S. The average Bonchev–Trinajstić information content (AvgIpc) is 2.95. The first-order valence-corrected chi connectivity index (χ1v) is 9.28. The third-order valence-electron chi connectivity index (χ3n) is 4.43. The Bertz CT molecular complexity index is 856. The summed E-state index contributed by atoms with van der Waals surface area (Å²) in [5, 5.41) is 14.5. The predicted molar refractivity (Wildman–Crippen MR) is 90.9 cm³/mol. The molecule has 1 aromatic heterocycles. The van der Waals surface area contributed by atoms with Crippen LogP contribution in [0, 0.1) is 0 Å². The molecular weight excluding hydrogens is 457 g/mol. The van der Waals surface area contributed by atoms with E-state index in [9.17, 15) is 32.7 Å². The summed E-state index contributed by atoms with van der Waals surface area (Å²) < 4.78 is 38.3. The minimum atomic E-state index is -4.75. The first-order valence-electron chi connectivity index (χ1n) is 7.60. The van der Waals surface area contributed by atoms with Crippen LogP contribution in [0.1, 0.15) is 30.0 Å². The smallest absolute Gasteiger partial charge is 0.436 e. The maximum atomic E-state index is 12.9. The van der Waals surface area contributed by atoms with E-state index in [1.54, 1.807) is 13.8 Å². The number of thioether (sulfide) groups is 1. The number of carbonyl (C=O) groups is 3. The number of aryl methyl sites for hydroxylation is 1. The number of amides is 2. The van der Waals surface area contributed by atoms with Crippen LogP contribution < -0.4 is 5.32 Å². The molecule has 3 atom stereocenters.